The summed E-state index contributed by atoms with van der Waals surface area (Å²) in [6, 6.07) is 13.8. The van der Waals surface area contributed by atoms with Crippen molar-refractivity contribution in [1.29, 1.82) is 0 Å². The van der Waals surface area contributed by atoms with Crippen molar-refractivity contribution >= 4 is 11.9 Å². The minimum Gasteiger partial charge on any atom is -0.491 e. The van der Waals surface area contributed by atoms with Crippen molar-refractivity contribution in [2.75, 3.05) is 33.4 Å². The number of halogens is 4. The minimum absolute atomic E-state index is 0.0254. The molecule has 0 aromatic heterocycles. The summed E-state index contributed by atoms with van der Waals surface area (Å²) in [5.74, 6) is -3.90. The second kappa shape index (κ2) is 15.4. The van der Waals surface area contributed by atoms with E-state index >= 15 is 0 Å². The number of allylic oxidation sites excluding steroid dienone is 2. The number of aliphatic hydroxyl groups is 1. The molecule has 42 heavy (non-hydrogen) atoms. The Morgan fingerprint density at radius 2 is 1.76 bits per heavy atom. The first-order chi connectivity index (χ1) is 20.0. The van der Waals surface area contributed by atoms with Crippen LogP contribution in [0.1, 0.15) is 37.7 Å². The van der Waals surface area contributed by atoms with Gasteiger partial charge in [0.1, 0.15) is 30.0 Å². The molecule has 0 fully saturated rings. The molecule has 3 rings (SSSR count). The van der Waals surface area contributed by atoms with Crippen LogP contribution < -0.4 is 15.4 Å². The van der Waals surface area contributed by atoms with Gasteiger partial charge in [-0.3, -0.25) is 0 Å². The number of aliphatic hydroxyl groups excluding tert-OH is 1. The zero-order valence-electron chi connectivity index (χ0n) is 23.3. The molecule has 0 amide bonds. The molecule has 0 radical (unpaired) electrons. The maximum absolute atomic E-state index is 14.1. The monoisotopic (exact) mass is 594 g/mol. The Morgan fingerprint density at radius 1 is 1.02 bits per heavy atom. The Hall–Kier alpha value is -3.90. The first-order valence-corrected chi connectivity index (χ1v) is 13.4. The summed E-state index contributed by atoms with van der Waals surface area (Å²) in [5.41, 5.74) is -2.71. The van der Waals surface area contributed by atoms with Crippen molar-refractivity contribution in [1.82, 2.24) is 10.6 Å². The van der Waals surface area contributed by atoms with Gasteiger partial charge in [0.15, 0.2) is 0 Å². The van der Waals surface area contributed by atoms with Crippen molar-refractivity contribution in [2.24, 2.45) is 0 Å². The molecule has 0 aliphatic carbocycles. The number of ether oxygens (including phenoxy) is 3. The van der Waals surface area contributed by atoms with E-state index in [4.69, 9.17) is 9.47 Å². The van der Waals surface area contributed by atoms with E-state index in [2.05, 4.69) is 15.4 Å². The number of carbonyl (C=O) groups is 2. The van der Waals surface area contributed by atoms with Crippen LogP contribution in [0.5, 0.6) is 5.75 Å². The first-order valence-electron chi connectivity index (χ1n) is 13.4. The number of rotatable bonds is 14. The fourth-order valence-electron chi connectivity index (χ4n) is 4.48. The second-order valence-corrected chi connectivity index (χ2v) is 9.61. The van der Waals surface area contributed by atoms with E-state index in [0.29, 0.717) is 38.1 Å². The molecule has 8 nitrogen and oxygen atoms in total. The molecule has 12 heteroatoms. The zero-order valence-corrected chi connectivity index (χ0v) is 23.3. The highest BCUT2D eigenvalue weighted by Gasteiger charge is 2.47. The molecule has 0 bridgehead atoms. The van der Waals surface area contributed by atoms with Gasteiger partial charge < -0.3 is 30.0 Å². The molecule has 1 aliphatic rings. The van der Waals surface area contributed by atoms with E-state index in [1.807, 2.05) is 18.2 Å². The van der Waals surface area contributed by atoms with Gasteiger partial charge in [-0.05, 0) is 62.6 Å². The number of unbranched alkanes of at least 4 members (excludes halogenated alkanes) is 2. The molecule has 0 saturated carbocycles. The number of hydrogen-bond acceptors (Lipinski definition) is 8. The van der Waals surface area contributed by atoms with Crippen molar-refractivity contribution in [3.05, 3.63) is 88.5 Å². The van der Waals surface area contributed by atoms with Gasteiger partial charge in [-0.2, -0.15) is 13.2 Å². The van der Waals surface area contributed by atoms with Crippen LogP contribution in [-0.4, -0.2) is 62.7 Å². The smallest absolute Gasteiger partial charge is 0.431 e. The van der Waals surface area contributed by atoms with Gasteiger partial charge in [0, 0.05) is 12.2 Å². The Labute approximate surface area is 241 Å². The minimum atomic E-state index is -4.98. The largest absolute Gasteiger partial charge is 0.491 e. The average molecular weight is 595 g/mol. The molecule has 2 aromatic rings. The third kappa shape index (κ3) is 9.05. The van der Waals surface area contributed by atoms with E-state index in [-0.39, 0.29) is 30.0 Å². The van der Waals surface area contributed by atoms with Gasteiger partial charge in [0.25, 0.3) is 0 Å². The quantitative estimate of drug-likeness (QED) is 0.167. The van der Waals surface area contributed by atoms with Crippen LogP contribution in [0.2, 0.25) is 0 Å². The van der Waals surface area contributed by atoms with Crippen LogP contribution in [0.3, 0.4) is 0 Å². The lowest BCUT2D eigenvalue weighted by Crippen LogP contribution is -2.38. The Morgan fingerprint density at radius 3 is 2.43 bits per heavy atom. The summed E-state index contributed by atoms with van der Waals surface area (Å²) in [4.78, 5) is 25.7. The van der Waals surface area contributed by atoms with Crippen molar-refractivity contribution in [2.45, 2.75) is 44.4 Å². The van der Waals surface area contributed by atoms with E-state index in [9.17, 15) is 32.3 Å². The normalized spacial score (nSPS) is 16.1. The van der Waals surface area contributed by atoms with Crippen molar-refractivity contribution in [3.8, 4) is 5.75 Å². The average Bonchev–Trinajstić information content (AvgIpc) is 2.96. The second-order valence-electron chi connectivity index (χ2n) is 9.61. The van der Waals surface area contributed by atoms with Crippen LogP contribution in [-0.2, 0) is 19.1 Å². The van der Waals surface area contributed by atoms with E-state index in [0.717, 1.165) is 19.2 Å². The van der Waals surface area contributed by atoms with Crippen LogP contribution in [0.25, 0.3) is 0 Å². The van der Waals surface area contributed by atoms with Gasteiger partial charge in [0.2, 0.25) is 0 Å². The van der Waals surface area contributed by atoms with Gasteiger partial charge >= 0.3 is 18.1 Å². The predicted molar refractivity (Wildman–Crippen MR) is 146 cm³/mol. The molecule has 3 N–H and O–H groups in total. The Bertz CT molecular complexity index is 1280. The van der Waals surface area contributed by atoms with Gasteiger partial charge in [0.05, 0.1) is 30.8 Å². The van der Waals surface area contributed by atoms with Crippen molar-refractivity contribution in [3.63, 3.8) is 0 Å². The number of methoxy groups -OCH3 is 1. The molecular formula is C30H34F4N2O6. The fourth-order valence-corrected chi connectivity index (χ4v) is 4.48. The van der Waals surface area contributed by atoms with Crippen LogP contribution in [0.4, 0.5) is 17.6 Å². The summed E-state index contributed by atoms with van der Waals surface area (Å²) >= 11 is 0. The number of benzene rings is 2. The highest BCUT2D eigenvalue weighted by molar-refractivity contribution is 6.00. The molecular weight excluding hydrogens is 560 g/mol. The molecule has 1 heterocycles. The number of hydrogen-bond donors (Lipinski definition) is 3. The lowest BCUT2D eigenvalue weighted by molar-refractivity contribution is -0.140. The highest BCUT2D eigenvalue weighted by atomic mass is 19.4. The predicted octanol–water partition coefficient (Wildman–Crippen LogP) is 4.52. The lowest BCUT2D eigenvalue weighted by atomic mass is 9.80. The Balaban J connectivity index is 1.55. The van der Waals surface area contributed by atoms with E-state index in [1.165, 1.54) is 19.1 Å². The van der Waals surface area contributed by atoms with Gasteiger partial charge in [-0.1, -0.05) is 30.3 Å². The van der Waals surface area contributed by atoms with Crippen LogP contribution in [0.15, 0.2) is 77.1 Å². The molecule has 2 atom stereocenters. The summed E-state index contributed by atoms with van der Waals surface area (Å²) in [6.45, 7) is 2.31. The van der Waals surface area contributed by atoms with E-state index in [1.54, 1.807) is 12.1 Å². The third-order valence-corrected chi connectivity index (χ3v) is 6.45. The summed E-state index contributed by atoms with van der Waals surface area (Å²) in [6.07, 6.45) is -3.84. The van der Waals surface area contributed by atoms with Gasteiger partial charge in [-0.25, -0.2) is 14.0 Å². The first kappa shape index (κ1) is 32.6. The molecule has 2 aromatic carbocycles. The summed E-state index contributed by atoms with van der Waals surface area (Å²) in [7, 11) is 0.920. The standard InChI is InChI=1S/C30H34F4N2O6/c1-19-24(25(20-10-9-11-21(31)16-20)26(28(38)40-2)27(36-19)30(32,33)34)29(39)41-15-8-4-7-14-35-17-22(37)18-42-23-12-5-3-6-13-23/h3,5-6,9-13,16,22,25,35-37H,4,7-8,14-15,17-18H2,1-2H3. The van der Waals surface area contributed by atoms with Crippen molar-refractivity contribution < 1.29 is 46.5 Å². The number of esters is 2. The fraction of sp³-hybridized carbons (Fsp3) is 0.400. The summed E-state index contributed by atoms with van der Waals surface area (Å²) < 4.78 is 71.3. The lowest BCUT2D eigenvalue weighted by Gasteiger charge is -2.32. The number of dihydropyridines is 1. The number of para-hydroxylation sites is 1. The van der Waals surface area contributed by atoms with Gasteiger partial charge in [-0.15, -0.1) is 0 Å². The SMILES string of the molecule is COC(=O)C1=C(C(F)(F)F)NC(C)=C(C(=O)OCCCCCNCC(O)COc2ccccc2)C1c1cccc(F)c1. The molecule has 228 valence electrons. The number of carbonyl (C=O) groups excluding carboxylic acids is 2. The molecule has 0 spiro atoms. The summed E-state index contributed by atoms with van der Waals surface area (Å²) in [5, 5.41) is 15.3. The number of alkyl halides is 3. The maximum Gasteiger partial charge on any atom is 0.431 e. The van der Waals surface area contributed by atoms with Crippen LogP contribution >= 0.6 is 0 Å². The Kier molecular flexibility index (Phi) is 11.9. The molecule has 1 aliphatic heterocycles. The molecule has 0 saturated heterocycles. The van der Waals surface area contributed by atoms with E-state index < -0.39 is 47.2 Å². The topological polar surface area (TPSA) is 106 Å². The van der Waals surface area contributed by atoms with Crippen LogP contribution in [0, 0.1) is 5.82 Å². The number of nitrogens with one attached hydrogen (secondary N) is 2. The highest BCUT2D eigenvalue weighted by Crippen LogP contribution is 2.43. The maximum atomic E-state index is 14.1. The molecule has 2 unspecified atom stereocenters. The third-order valence-electron chi connectivity index (χ3n) is 6.45. The zero-order chi connectivity index (χ0) is 30.7.